The maximum Gasteiger partial charge on any atom is 0.122 e. The van der Waals surface area contributed by atoms with Gasteiger partial charge in [0, 0.05) is 12.6 Å². The molecule has 0 fully saturated rings. The molecule has 126 valence electrons. The maximum atomic E-state index is 9.96. The van der Waals surface area contributed by atoms with E-state index in [9.17, 15) is 5.11 Å². The molecule has 0 amide bonds. The largest absolute Gasteiger partial charge is 0.491 e. The van der Waals surface area contributed by atoms with Crippen molar-refractivity contribution in [2.75, 3.05) is 19.8 Å². The van der Waals surface area contributed by atoms with Crippen molar-refractivity contribution >= 4 is 0 Å². The van der Waals surface area contributed by atoms with E-state index in [0.717, 1.165) is 17.7 Å². The van der Waals surface area contributed by atoms with Gasteiger partial charge in [-0.3, -0.25) is 0 Å². The molecule has 0 aromatic heterocycles. The topological polar surface area (TPSA) is 61.7 Å². The number of aryl methyl sites for hydroxylation is 1. The molecule has 2 atom stereocenters. The van der Waals surface area contributed by atoms with Crippen LogP contribution in [0.3, 0.4) is 0 Å². The monoisotopic (exact) mass is 309 g/mol. The van der Waals surface area contributed by atoms with E-state index in [1.807, 2.05) is 19.9 Å². The maximum absolute atomic E-state index is 9.96. The minimum atomic E-state index is -0.595. The van der Waals surface area contributed by atoms with Crippen LogP contribution in [0.1, 0.15) is 45.2 Å². The molecule has 4 nitrogen and oxygen atoms in total. The first-order valence-electron chi connectivity index (χ1n) is 8.04. The highest BCUT2D eigenvalue weighted by atomic mass is 16.5. The molecule has 1 aromatic carbocycles. The van der Waals surface area contributed by atoms with Gasteiger partial charge in [0.2, 0.25) is 0 Å². The lowest BCUT2D eigenvalue weighted by Crippen LogP contribution is -2.39. The van der Waals surface area contributed by atoms with Crippen molar-refractivity contribution in [3.05, 3.63) is 29.3 Å². The molecule has 0 saturated carbocycles. The third-order valence-electron chi connectivity index (χ3n) is 3.83. The Morgan fingerprint density at radius 1 is 1.27 bits per heavy atom. The lowest BCUT2D eigenvalue weighted by Gasteiger charge is -2.21. The lowest BCUT2D eigenvalue weighted by atomic mass is 9.86. The van der Waals surface area contributed by atoms with Gasteiger partial charge in [0.05, 0.1) is 6.61 Å². The van der Waals surface area contributed by atoms with Crippen LogP contribution >= 0.6 is 0 Å². The van der Waals surface area contributed by atoms with Crippen molar-refractivity contribution in [3.8, 4) is 5.75 Å². The fraction of sp³-hybridized carbons (Fsp3) is 0.667. The summed E-state index contributed by atoms with van der Waals surface area (Å²) in [7, 11) is 0. The second kappa shape index (κ2) is 8.51. The van der Waals surface area contributed by atoms with Crippen LogP contribution < -0.4 is 10.1 Å². The van der Waals surface area contributed by atoms with Gasteiger partial charge in [0.15, 0.2) is 0 Å². The number of aliphatic hydroxyl groups is 2. The summed E-state index contributed by atoms with van der Waals surface area (Å²) in [6, 6.07) is 6.21. The van der Waals surface area contributed by atoms with Crippen molar-refractivity contribution in [2.45, 2.75) is 58.6 Å². The average molecular weight is 309 g/mol. The Morgan fingerprint density at radius 3 is 2.45 bits per heavy atom. The molecule has 0 aliphatic carbocycles. The van der Waals surface area contributed by atoms with Crippen LogP contribution in [-0.2, 0) is 5.41 Å². The van der Waals surface area contributed by atoms with Gasteiger partial charge >= 0.3 is 0 Å². The molecule has 0 spiro atoms. The van der Waals surface area contributed by atoms with E-state index in [4.69, 9.17) is 9.84 Å². The summed E-state index contributed by atoms with van der Waals surface area (Å²) in [6.07, 6.45) is 0.236. The number of hydrogen-bond donors (Lipinski definition) is 3. The molecule has 1 aromatic rings. The van der Waals surface area contributed by atoms with Gasteiger partial charge in [-0.15, -0.1) is 0 Å². The van der Waals surface area contributed by atoms with Crippen molar-refractivity contribution in [2.24, 2.45) is 0 Å². The fourth-order valence-electron chi connectivity index (χ4n) is 2.16. The number of rotatable bonds is 8. The summed E-state index contributed by atoms with van der Waals surface area (Å²) in [5, 5.41) is 22.2. The van der Waals surface area contributed by atoms with Crippen LogP contribution in [0.4, 0.5) is 0 Å². The molecule has 22 heavy (non-hydrogen) atoms. The van der Waals surface area contributed by atoms with Gasteiger partial charge in [0.25, 0.3) is 0 Å². The van der Waals surface area contributed by atoms with Gasteiger partial charge in [-0.25, -0.2) is 0 Å². The van der Waals surface area contributed by atoms with Crippen LogP contribution in [0.25, 0.3) is 0 Å². The molecule has 0 bridgehead atoms. The summed E-state index contributed by atoms with van der Waals surface area (Å²) in [5.41, 5.74) is 2.47. The molecule has 4 heteroatoms. The summed E-state index contributed by atoms with van der Waals surface area (Å²) in [6.45, 7) is 11.3. The lowest BCUT2D eigenvalue weighted by molar-refractivity contribution is 0.0991. The third kappa shape index (κ3) is 5.95. The van der Waals surface area contributed by atoms with Gasteiger partial charge in [-0.05, 0) is 36.0 Å². The number of hydrogen-bond acceptors (Lipinski definition) is 4. The molecule has 3 N–H and O–H groups in total. The molecular formula is C18H31NO3. The molecule has 0 aliphatic rings. The summed E-state index contributed by atoms with van der Waals surface area (Å²) in [5.74, 6) is 0.807. The number of nitrogens with one attached hydrogen (secondary N) is 1. The van der Waals surface area contributed by atoms with Crippen LogP contribution in [0, 0.1) is 6.92 Å². The van der Waals surface area contributed by atoms with E-state index in [-0.39, 0.29) is 24.7 Å². The summed E-state index contributed by atoms with van der Waals surface area (Å²) >= 11 is 0. The van der Waals surface area contributed by atoms with Crippen LogP contribution in [0.5, 0.6) is 5.75 Å². The van der Waals surface area contributed by atoms with E-state index in [1.165, 1.54) is 5.56 Å². The van der Waals surface area contributed by atoms with Gasteiger partial charge in [-0.1, -0.05) is 39.8 Å². The Balaban J connectivity index is 2.51. The summed E-state index contributed by atoms with van der Waals surface area (Å²) < 4.78 is 5.71. The molecule has 0 radical (unpaired) electrons. The number of ether oxygens (including phenoxy) is 1. The molecule has 0 saturated heterocycles. The van der Waals surface area contributed by atoms with Gasteiger partial charge in [-0.2, -0.15) is 0 Å². The minimum Gasteiger partial charge on any atom is -0.491 e. The van der Waals surface area contributed by atoms with Crippen molar-refractivity contribution in [1.29, 1.82) is 0 Å². The SMILES string of the molecule is CCC(CO)NCC(O)COc1ccc(C(C)(C)C)cc1C. The predicted molar refractivity (Wildman–Crippen MR) is 90.5 cm³/mol. The van der Waals surface area contributed by atoms with Gasteiger partial charge < -0.3 is 20.3 Å². The Hall–Kier alpha value is -1.10. The van der Waals surface area contributed by atoms with Gasteiger partial charge in [0.1, 0.15) is 18.5 Å². The molecule has 2 unspecified atom stereocenters. The summed E-state index contributed by atoms with van der Waals surface area (Å²) in [4.78, 5) is 0. The highest BCUT2D eigenvalue weighted by Gasteiger charge is 2.15. The van der Waals surface area contributed by atoms with Crippen molar-refractivity contribution in [1.82, 2.24) is 5.32 Å². The smallest absolute Gasteiger partial charge is 0.122 e. The number of aliphatic hydroxyl groups excluding tert-OH is 2. The molecule has 0 heterocycles. The average Bonchev–Trinajstić information content (AvgIpc) is 2.46. The predicted octanol–water partition coefficient (Wildman–Crippen LogP) is 2.39. The first-order valence-corrected chi connectivity index (χ1v) is 8.04. The highest BCUT2D eigenvalue weighted by molar-refractivity contribution is 5.38. The molecule has 0 aliphatic heterocycles. The Kier molecular flexibility index (Phi) is 7.33. The Bertz CT molecular complexity index is 450. The van der Waals surface area contributed by atoms with Crippen molar-refractivity contribution < 1.29 is 14.9 Å². The molecular weight excluding hydrogens is 278 g/mol. The zero-order chi connectivity index (χ0) is 16.8. The Labute approximate surface area is 134 Å². The van der Waals surface area contributed by atoms with E-state index in [0.29, 0.717) is 6.54 Å². The Morgan fingerprint density at radius 2 is 1.95 bits per heavy atom. The second-order valence-corrected chi connectivity index (χ2v) is 6.89. The van der Waals surface area contributed by atoms with Crippen LogP contribution in [-0.4, -0.2) is 42.1 Å². The zero-order valence-electron chi connectivity index (χ0n) is 14.5. The minimum absolute atomic E-state index is 0.0301. The van der Waals surface area contributed by atoms with E-state index < -0.39 is 6.10 Å². The first-order chi connectivity index (χ1) is 10.3. The molecule has 1 rings (SSSR count). The van der Waals surface area contributed by atoms with E-state index >= 15 is 0 Å². The van der Waals surface area contributed by atoms with E-state index in [1.54, 1.807) is 0 Å². The second-order valence-electron chi connectivity index (χ2n) is 6.89. The third-order valence-corrected chi connectivity index (χ3v) is 3.83. The van der Waals surface area contributed by atoms with E-state index in [2.05, 4.69) is 38.2 Å². The first kappa shape index (κ1) is 18.9. The highest BCUT2D eigenvalue weighted by Crippen LogP contribution is 2.27. The number of benzene rings is 1. The van der Waals surface area contributed by atoms with Crippen LogP contribution in [0.15, 0.2) is 18.2 Å². The standard InChI is InChI=1S/C18H31NO3/c1-6-15(11-20)19-10-16(21)12-22-17-8-7-14(9-13(17)2)18(3,4)5/h7-9,15-16,19-21H,6,10-12H2,1-5H3. The van der Waals surface area contributed by atoms with Crippen molar-refractivity contribution in [3.63, 3.8) is 0 Å². The normalized spacial score (nSPS) is 14.7. The van der Waals surface area contributed by atoms with Crippen LogP contribution in [0.2, 0.25) is 0 Å². The quantitative estimate of drug-likeness (QED) is 0.690. The fourth-order valence-corrected chi connectivity index (χ4v) is 2.16. The zero-order valence-corrected chi connectivity index (χ0v) is 14.5.